The topological polar surface area (TPSA) is 62.2 Å². The van der Waals surface area contributed by atoms with E-state index in [2.05, 4.69) is 10.3 Å². The molecule has 2 aromatic rings. The Morgan fingerprint density at radius 2 is 2.00 bits per heavy atom. The summed E-state index contributed by atoms with van der Waals surface area (Å²) < 4.78 is 29.2. The first-order chi connectivity index (χ1) is 13.4. The maximum atomic E-state index is 14.6. The normalized spacial score (nSPS) is 15.5. The molecule has 3 rings (SSSR count). The molecule has 1 atom stereocenters. The zero-order valence-electron chi connectivity index (χ0n) is 15.8. The molecule has 0 aliphatic heterocycles. The maximum Gasteiger partial charge on any atom is 0.303 e. The number of carboxylic acid groups (broad SMARTS) is 1. The average Bonchev–Trinajstić information content (AvgIpc) is 3.14. The van der Waals surface area contributed by atoms with Crippen molar-refractivity contribution in [2.24, 2.45) is 5.92 Å². The minimum atomic E-state index is -0.936. The SMILES string of the molecule is CC(CNc1c(F)cc(-c2cccnc2SC2CCCC2)cc1F)CC(=O)O. The minimum Gasteiger partial charge on any atom is -0.481 e. The Morgan fingerprint density at radius 3 is 2.64 bits per heavy atom. The minimum absolute atomic E-state index is 0.0637. The van der Waals surface area contributed by atoms with Gasteiger partial charge in [0.25, 0.3) is 0 Å². The van der Waals surface area contributed by atoms with Crippen molar-refractivity contribution < 1.29 is 18.7 Å². The number of thioether (sulfide) groups is 1. The van der Waals surface area contributed by atoms with E-state index in [1.165, 1.54) is 25.0 Å². The smallest absolute Gasteiger partial charge is 0.303 e. The van der Waals surface area contributed by atoms with Gasteiger partial charge in [0.15, 0.2) is 0 Å². The predicted molar refractivity (Wildman–Crippen MR) is 108 cm³/mol. The standard InChI is InChI=1S/C21H24F2N2O2S/c1-13(9-19(26)27)12-25-20-17(22)10-14(11-18(20)23)16-7-4-8-24-21(16)28-15-5-2-3-6-15/h4,7-8,10-11,13,15,25H,2-3,5-6,9,12H2,1H3,(H,26,27). The molecule has 1 aliphatic carbocycles. The van der Waals surface area contributed by atoms with Crippen LogP contribution in [-0.2, 0) is 4.79 Å². The van der Waals surface area contributed by atoms with Crippen LogP contribution in [0.15, 0.2) is 35.5 Å². The largest absolute Gasteiger partial charge is 0.481 e. The number of hydrogen-bond donors (Lipinski definition) is 2. The van der Waals surface area contributed by atoms with Crippen molar-refractivity contribution in [1.82, 2.24) is 4.98 Å². The van der Waals surface area contributed by atoms with Crippen molar-refractivity contribution in [2.45, 2.75) is 49.3 Å². The summed E-state index contributed by atoms with van der Waals surface area (Å²) in [5.74, 6) is -2.57. The molecule has 0 amide bonds. The van der Waals surface area contributed by atoms with Crippen molar-refractivity contribution in [3.8, 4) is 11.1 Å². The summed E-state index contributed by atoms with van der Waals surface area (Å²) in [4.78, 5) is 15.2. The molecule has 7 heteroatoms. The van der Waals surface area contributed by atoms with Gasteiger partial charge in [0.05, 0.1) is 0 Å². The molecule has 1 heterocycles. The summed E-state index contributed by atoms with van der Waals surface area (Å²) in [6.07, 6.45) is 6.34. The van der Waals surface area contributed by atoms with E-state index < -0.39 is 17.6 Å². The predicted octanol–water partition coefficient (Wildman–Crippen LogP) is 5.58. The first-order valence-electron chi connectivity index (χ1n) is 9.50. The Bertz CT molecular complexity index is 818. The van der Waals surface area contributed by atoms with E-state index in [1.54, 1.807) is 30.9 Å². The molecule has 0 saturated heterocycles. The molecule has 0 radical (unpaired) electrons. The van der Waals surface area contributed by atoms with Crippen LogP contribution < -0.4 is 5.32 Å². The van der Waals surface area contributed by atoms with Gasteiger partial charge >= 0.3 is 5.97 Å². The second-order valence-corrected chi connectivity index (χ2v) is 8.57. The van der Waals surface area contributed by atoms with Crippen LogP contribution in [-0.4, -0.2) is 27.9 Å². The number of carbonyl (C=O) groups is 1. The zero-order chi connectivity index (χ0) is 20.1. The number of anilines is 1. The molecule has 0 bridgehead atoms. The quantitative estimate of drug-likeness (QED) is 0.599. The summed E-state index contributed by atoms with van der Waals surface area (Å²) in [5.41, 5.74) is 0.950. The number of pyridine rings is 1. The third kappa shape index (κ3) is 5.22. The van der Waals surface area contributed by atoms with Crippen LogP contribution in [0.25, 0.3) is 11.1 Å². The Labute approximate surface area is 167 Å². The van der Waals surface area contributed by atoms with Gasteiger partial charge in [-0.2, -0.15) is 0 Å². The number of aromatic nitrogens is 1. The lowest BCUT2D eigenvalue weighted by Crippen LogP contribution is -2.16. The number of carboxylic acids is 1. The van der Waals surface area contributed by atoms with Crippen LogP contribution in [0.5, 0.6) is 0 Å². The number of rotatable bonds is 8. The van der Waals surface area contributed by atoms with Crippen LogP contribution in [0.4, 0.5) is 14.5 Å². The van der Waals surface area contributed by atoms with Gasteiger partial charge in [-0.25, -0.2) is 13.8 Å². The van der Waals surface area contributed by atoms with Gasteiger partial charge < -0.3 is 10.4 Å². The highest BCUT2D eigenvalue weighted by Crippen LogP contribution is 2.39. The first-order valence-corrected chi connectivity index (χ1v) is 10.4. The molecule has 1 aromatic carbocycles. The highest BCUT2D eigenvalue weighted by Gasteiger charge is 2.20. The molecule has 0 spiro atoms. The molecule has 4 nitrogen and oxygen atoms in total. The van der Waals surface area contributed by atoms with Crippen molar-refractivity contribution in [3.05, 3.63) is 42.1 Å². The highest BCUT2D eigenvalue weighted by molar-refractivity contribution is 8.00. The molecule has 1 aromatic heterocycles. The van der Waals surface area contributed by atoms with Crippen molar-refractivity contribution in [1.29, 1.82) is 0 Å². The van der Waals surface area contributed by atoms with Crippen LogP contribution in [0, 0.1) is 17.6 Å². The van der Waals surface area contributed by atoms with E-state index >= 15 is 0 Å². The lowest BCUT2D eigenvalue weighted by atomic mass is 10.1. The Balaban J connectivity index is 1.79. The van der Waals surface area contributed by atoms with E-state index in [1.807, 2.05) is 6.07 Å². The van der Waals surface area contributed by atoms with E-state index in [0.717, 1.165) is 23.4 Å². The molecule has 1 fully saturated rings. The van der Waals surface area contributed by atoms with Gasteiger partial charge in [0.2, 0.25) is 0 Å². The fraction of sp³-hybridized carbons (Fsp3) is 0.429. The van der Waals surface area contributed by atoms with Gasteiger partial charge in [0.1, 0.15) is 22.3 Å². The monoisotopic (exact) mass is 406 g/mol. The zero-order valence-corrected chi connectivity index (χ0v) is 16.6. The van der Waals surface area contributed by atoms with Gasteiger partial charge in [-0.3, -0.25) is 4.79 Å². The molecular weight excluding hydrogens is 382 g/mol. The first kappa shape index (κ1) is 20.6. The van der Waals surface area contributed by atoms with Crippen LogP contribution >= 0.6 is 11.8 Å². The number of halogens is 2. The van der Waals surface area contributed by atoms with E-state index in [4.69, 9.17) is 5.11 Å². The number of hydrogen-bond acceptors (Lipinski definition) is 4. The molecule has 2 N–H and O–H groups in total. The number of nitrogens with zero attached hydrogens (tertiary/aromatic N) is 1. The summed E-state index contributed by atoms with van der Waals surface area (Å²) in [5, 5.41) is 12.8. The molecule has 1 aliphatic rings. The molecule has 28 heavy (non-hydrogen) atoms. The fourth-order valence-electron chi connectivity index (χ4n) is 3.41. The Kier molecular flexibility index (Phi) is 6.88. The lowest BCUT2D eigenvalue weighted by Gasteiger charge is -2.15. The van der Waals surface area contributed by atoms with E-state index in [0.29, 0.717) is 10.8 Å². The van der Waals surface area contributed by atoms with Crippen molar-refractivity contribution >= 4 is 23.4 Å². The van der Waals surface area contributed by atoms with Crippen molar-refractivity contribution in [3.63, 3.8) is 0 Å². The van der Waals surface area contributed by atoms with Crippen LogP contribution in [0.2, 0.25) is 0 Å². The summed E-state index contributed by atoms with van der Waals surface area (Å²) in [6, 6.07) is 6.22. The lowest BCUT2D eigenvalue weighted by molar-refractivity contribution is -0.137. The maximum absolute atomic E-state index is 14.6. The Morgan fingerprint density at radius 1 is 1.32 bits per heavy atom. The van der Waals surface area contributed by atoms with Crippen LogP contribution in [0.1, 0.15) is 39.0 Å². The van der Waals surface area contributed by atoms with Gasteiger partial charge in [-0.1, -0.05) is 25.8 Å². The van der Waals surface area contributed by atoms with Gasteiger partial charge in [-0.15, -0.1) is 11.8 Å². The van der Waals surface area contributed by atoms with Crippen LogP contribution in [0.3, 0.4) is 0 Å². The molecular formula is C21H24F2N2O2S. The highest BCUT2D eigenvalue weighted by atomic mass is 32.2. The summed E-state index contributed by atoms with van der Waals surface area (Å²) >= 11 is 1.68. The second-order valence-electron chi connectivity index (χ2n) is 7.28. The third-order valence-corrected chi connectivity index (χ3v) is 6.21. The second kappa shape index (κ2) is 9.37. The number of nitrogens with one attached hydrogen (secondary N) is 1. The van der Waals surface area contributed by atoms with Crippen molar-refractivity contribution in [2.75, 3.05) is 11.9 Å². The van der Waals surface area contributed by atoms with Gasteiger partial charge in [0, 0.05) is 30.0 Å². The molecule has 1 unspecified atom stereocenters. The van der Waals surface area contributed by atoms with E-state index in [9.17, 15) is 13.6 Å². The Hall–Kier alpha value is -2.15. The molecule has 150 valence electrons. The van der Waals surface area contributed by atoms with E-state index in [-0.39, 0.29) is 24.6 Å². The fourth-order valence-corrected chi connectivity index (χ4v) is 4.73. The number of benzene rings is 1. The van der Waals surface area contributed by atoms with Gasteiger partial charge in [-0.05, 0) is 42.5 Å². The average molecular weight is 406 g/mol. The summed E-state index contributed by atoms with van der Waals surface area (Å²) in [7, 11) is 0. The summed E-state index contributed by atoms with van der Waals surface area (Å²) in [6.45, 7) is 1.89. The third-order valence-electron chi connectivity index (χ3n) is 4.86. The number of aliphatic carboxylic acids is 1. The molecule has 1 saturated carbocycles.